The minimum absolute atomic E-state index is 0.0509. The predicted octanol–water partition coefficient (Wildman–Crippen LogP) is 2.09. The molecule has 1 aliphatic rings. The van der Waals surface area contributed by atoms with Gasteiger partial charge in [0.25, 0.3) is 0 Å². The van der Waals surface area contributed by atoms with Crippen molar-refractivity contribution in [1.29, 1.82) is 0 Å². The summed E-state index contributed by atoms with van der Waals surface area (Å²) in [5.74, 6) is -0.540. The summed E-state index contributed by atoms with van der Waals surface area (Å²) in [5.41, 5.74) is 0.693. The number of amides is 2. The van der Waals surface area contributed by atoms with E-state index in [4.69, 9.17) is 0 Å². The maximum Gasteiger partial charge on any atom is 0.245 e. The van der Waals surface area contributed by atoms with Gasteiger partial charge in [-0.25, -0.2) is 4.39 Å². The topological polar surface area (TPSA) is 49.4 Å². The van der Waals surface area contributed by atoms with Crippen LogP contribution in [0, 0.1) is 11.7 Å². The number of carbonyl (C=O) groups is 2. The van der Waals surface area contributed by atoms with Crippen LogP contribution in [0.4, 0.5) is 4.39 Å². The van der Waals surface area contributed by atoms with E-state index in [1.807, 2.05) is 13.8 Å². The third-order valence-electron chi connectivity index (χ3n) is 4.04. The van der Waals surface area contributed by atoms with Crippen LogP contribution in [0.2, 0.25) is 0 Å². The van der Waals surface area contributed by atoms with Crippen LogP contribution in [0.1, 0.15) is 32.8 Å². The zero-order chi connectivity index (χ0) is 15.6. The quantitative estimate of drug-likeness (QED) is 0.924. The molecule has 0 saturated carbocycles. The van der Waals surface area contributed by atoms with E-state index >= 15 is 0 Å². The van der Waals surface area contributed by atoms with E-state index in [2.05, 4.69) is 5.32 Å². The van der Waals surface area contributed by atoms with Gasteiger partial charge in [-0.15, -0.1) is 0 Å². The molecule has 0 radical (unpaired) electrons. The Hall–Kier alpha value is -1.91. The van der Waals surface area contributed by atoms with E-state index < -0.39 is 12.1 Å². The largest absolute Gasteiger partial charge is 0.343 e. The van der Waals surface area contributed by atoms with E-state index in [1.165, 1.54) is 12.1 Å². The molecule has 1 aromatic carbocycles. The highest BCUT2D eigenvalue weighted by Gasteiger charge is 2.40. The molecule has 0 bridgehead atoms. The molecule has 5 heteroatoms. The number of benzene rings is 1. The summed E-state index contributed by atoms with van der Waals surface area (Å²) < 4.78 is 13.3. The molecule has 3 unspecified atom stereocenters. The first-order valence-corrected chi connectivity index (χ1v) is 7.29. The molecule has 1 N–H and O–H groups in total. The van der Waals surface area contributed by atoms with Crippen molar-refractivity contribution in [2.75, 3.05) is 0 Å². The van der Waals surface area contributed by atoms with Crippen LogP contribution >= 0.6 is 0 Å². The molecule has 4 nitrogen and oxygen atoms in total. The van der Waals surface area contributed by atoms with Crippen molar-refractivity contribution in [1.82, 2.24) is 10.2 Å². The molecule has 2 rings (SSSR count). The second-order valence-corrected chi connectivity index (χ2v) is 5.66. The van der Waals surface area contributed by atoms with Gasteiger partial charge >= 0.3 is 0 Å². The van der Waals surface area contributed by atoms with Crippen LogP contribution in [0.15, 0.2) is 24.3 Å². The van der Waals surface area contributed by atoms with Crippen LogP contribution in [0.5, 0.6) is 0 Å². The van der Waals surface area contributed by atoms with Crippen LogP contribution in [0.25, 0.3) is 0 Å². The van der Waals surface area contributed by atoms with Gasteiger partial charge < -0.3 is 10.2 Å². The third-order valence-corrected chi connectivity index (χ3v) is 4.04. The lowest BCUT2D eigenvalue weighted by atomic mass is 9.93. The fourth-order valence-electron chi connectivity index (χ4n) is 2.69. The monoisotopic (exact) mass is 292 g/mol. The van der Waals surface area contributed by atoms with E-state index in [-0.39, 0.29) is 30.1 Å². The van der Waals surface area contributed by atoms with Gasteiger partial charge in [0.15, 0.2) is 0 Å². The smallest absolute Gasteiger partial charge is 0.245 e. The summed E-state index contributed by atoms with van der Waals surface area (Å²) in [6.07, 6.45) is 0.791. The number of rotatable bonds is 4. The molecule has 0 aromatic heterocycles. The van der Waals surface area contributed by atoms with Crippen LogP contribution in [-0.4, -0.2) is 28.8 Å². The first kappa shape index (κ1) is 15.5. The van der Waals surface area contributed by atoms with Crippen molar-refractivity contribution in [3.63, 3.8) is 0 Å². The Morgan fingerprint density at radius 3 is 2.71 bits per heavy atom. The second-order valence-electron chi connectivity index (χ2n) is 5.66. The fraction of sp³-hybridized carbons (Fsp3) is 0.500. The van der Waals surface area contributed by atoms with Crippen molar-refractivity contribution in [2.24, 2.45) is 5.92 Å². The van der Waals surface area contributed by atoms with Gasteiger partial charge in [-0.1, -0.05) is 32.4 Å². The predicted molar refractivity (Wildman–Crippen MR) is 77.8 cm³/mol. The third kappa shape index (κ3) is 3.23. The highest BCUT2D eigenvalue weighted by atomic mass is 19.1. The summed E-state index contributed by atoms with van der Waals surface area (Å²) in [7, 11) is 0. The first-order valence-electron chi connectivity index (χ1n) is 7.29. The summed E-state index contributed by atoms with van der Waals surface area (Å²) in [6.45, 7) is 5.86. The summed E-state index contributed by atoms with van der Waals surface area (Å²) in [6, 6.07) is 5.11. The maximum absolute atomic E-state index is 13.3. The number of nitrogens with one attached hydrogen (secondary N) is 1. The van der Waals surface area contributed by atoms with Crippen molar-refractivity contribution in [3.8, 4) is 0 Å². The van der Waals surface area contributed by atoms with Gasteiger partial charge in [0.2, 0.25) is 11.8 Å². The molecule has 0 spiro atoms. The van der Waals surface area contributed by atoms with E-state index in [0.717, 1.165) is 6.42 Å². The summed E-state index contributed by atoms with van der Waals surface area (Å²) in [4.78, 5) is 26.2. The first-order chi connectivity index (χ1) is 9.93. The average molecular weight is 292 g/mol. The summed E-state index contributed by atoms with van der Waals surface area (Å²) >= 11 is 0. The maximum atomic E-state index is 13.3. The SMILES string of the molecule is CCC(C)C1C(=O)NC(C)C(=O)N1Cc1cccc(F)c1. The molecule has 3 atom stereocenters. The number of carbonyl (C=O) groups excluding carboxylic acids is 2. The minimum atomic E-state index is -0.536. The van der Waals surface area contributed by atoms with Gasteiger partial charge in [0.1, 0.15) is 17.9 Å². The Kier molecular flexibility index (Phi) is 4.60. The average Bonchev–Trinajstić information content (AvgIpc) is 2.44. The molecule has 114 valence electrons. The molecule has 1 aromatic rings. The lowest BCUT2D eigenvalue weighted by Crippen LogP contribution is -2.63. The number of nitrogens with zero attached hydrogens (tertiary/aromatic N) is 1. The van der Waals surface area contributed by atoms with Gasteiger partial charge in [-0.05, 0) is 30.5 Å². The Morgan fingerprint density at radius 1 is 1.38 bits per heavy atom. The second kappa shape index (κ2) is 6.24. The minimum Gasteiger partial charge on any atom is -0.343 e. The van der Waals surface area contributed by atoms with Crippen LogP contribution < -0.4 is 5.32 Å². The molecular formula is C16H21FN2O2. The van der Waals surface area contributed by atoms with Gasteiger partial charge in [0.05, 0.1) is 0 Å². The van der Waals surface area contributed by atoms with Crippen LogP contribution in [-0.2, 0) is 16.1 Å². The molecular weight excluding hydrogens is 271 g/mol. The van der Waals surface area contributed by atoms with Gasteiger partial charge in [0, 0.05) is 6.54 Å². The lowest BCUT2D eigenvalue weighted by molar-refractivity contribution is -0.151. The normalized spacial score (nSPS) is 23.9. The van der Waals surface area contributed by atoms with Crippen LogP contribution in [0.3, 0.4) is 0 Å². The molecule has 21 heavy (non-hydrogen) atoms. The molecule has 0 aliphatic carbocycles. The highest BCUT2D eigenvalue weighted by Crippen LogP contribution is 2.22. The van der Waals surface area contributed by atoms with E-state index in [0.29, 0.717) is 5.56 Å². The van der Waals surface area contributed by atoms with Crippen molar-refractivity contribution in [3.05, 3.63) is 35.6 Å². The van der Waals surface area contributed by atoms with Crippen molar-refractivity contribution < 1.29 is 14.0 Å². The Bertz CT molecular complexity index is 547. The Morgan fingerprint density at radius 2 is 2.10 bits per heavy atom. The standard InChI is InChI=1S/C16H21FN2O2/c1-4-10(2)14-15(20)18-11(3)16(21)19(14)9-12-6-5-7-13(17)8-12/h5-8,10-11,14H,4,9H2,1-3H3,(H,18,20). The number of hydrogen-bond acceptors (Lipinski definition) is 2. The zero-order valence-corrected chi connectivity index (χ0v) is 12.6. The van der Waals surface area contributed by atoms with Gasteiger partial charge in [-0.2, -0.15) is 0 Å². The zero-order valence-electron chi connectivity index (χ0n) is 12.6. The number of halogens is 1. The number of piperazine rings is 1. The fourth-order valence-corrected chi connectivity index (χ4v) is 2.69. The van der Waals surface area contributed by atoms with E-state index in [9.17, 15) is 14.0 Å². The van der Waals surface area contributed by atoms with Gasteiger partial charge in [-0.3, -0.25) is 9.59 Å². The van der Waals surface area contributed by atoms with E-state index in [1.54, 1.807) is 24.0 Å². The molecule has 2 amide bonds. The molecule has 1 saturated heterocycles. The van der Waals surface area contributed by atoms with Crippen molar-refractivity contribution in [2.45, 2.75) is 45.8 Å². The lowest BCUT2D eigenvalue weighted by Gasteiger charge is -2.40. The Balaban J connectivity index is 2.29. The summed E-state index contributed by atoms with van der Waals surface area (Å²) in [5, 5.41) is 2.72. The highest BCUT2D eigenvalue weighted by molar-refractivity contribution is 5.96. The van der Waals surface area contributed by atoms with Crippen molar-refractivity contribution >= 4 is 11.8 Å². The molecule has 1 heterocycles. The molecule has 1 aliphatic heterocycles. The molecule has 1 fully saturated rings. The Labute approximate surface area is 124 Å². The number of hydrogen-bond donors (Lipinski definition) is 1.